The molecular formula is C14H20N2. The molecule has 1 N–H and O–H groups in total. The summed E-state index contributed by atoms with van der Waals surface area (Å²) in [7, 11) is 0. The number of nitrogens with one attached hydrogen (secondary N) is 1. The van der Waals surface area contributed by atoms with Crippen molar-refractivity contribution in [1.29, 1.82) is 0 Å². The molecule has 0 saturated carbocycles. The van der Waals surface area contributed by atoms with Crippen LogP contribution >= 0.6 is 0 Å². The van der Waals surface area contributed by atoms with E-state index in [4.69, 9.17) is 0 Å². The van der Waals surface area contributed by atoms with Gasteiger partial charge in [0.15, 0.2) is 0 Å². The minimum atomic E-state index is 0.698. The predicted octanol–water partition coefficient (Wildman–Crippen LogP) is 2.19. The maximum atomic E-state index is 3.45. The number of nitrogens with zero attached hydrogens (tertiary/aromatic N) is 1. The second-order valence-electron chi connectivity index (χ2n) is 4.93. The van der Waals surface area contributed by atoms with Crippen LogP contribution in [0.4, 0.5) is 0 Å². The fraction of sp³-hybridized carbons (Fsp3) is 0.571. The molecule has 3 rings (SSSR count). The van der Waals surface area contributed by atoms with Gasteiger partial charge in [0.2, 0.25) is 0 Å². The first-order valence-electron chi connectivity index (χ1n) is 6.46. The molecule has 2 aliphatic rings. The van der Waals surface area contributed by atoms with E-state index < -0.39 is 0 Å². The summed E-state index contributed by atoms with van der Waals surface area (Å²) in [6.45, 7) is 3.69. The van der Waals surface area contributed by atoms with Crippen molar-refractivity contribution in [2.24, 2.45) is 0 Å². The van der Waals surface area contributed by atoms with Crippen LogP contribution in [0.3, 0.4) is 0 Å². The van der Waals surface area contributed by atoms with Gasteiger partial charge in [0.25, 0.3) is 0 Å². The Morgan fingerprint density at radius 1 is 1.00 bits per heavy atom. The van der Waals surface area contributed by atoms with Gasteiger partial charge in [-0.15, -0.1) is 0 Å². The highest BCUT2D eigenvalue weighted by Crippen LogP contribution is 2.36. The molecule has 0 radical (unpaired) electrons. The van der Waals surface area contributed by atoms with Gasteiger partial charge in [-0.2, -0.15) is 0 Å². The first-order valence-corrected chi connectivity index (χ1v) is 6.46. The molecule has 2 fully saturated rings. The van der Waals surface area contributed by atoms with Crippen molar-refractivity contribution >= 4 is 0 Å². The van der Waals surface area contributed by atoms with Crippen LogP contribution in [-0.2, 0) is 0 Å². The third-order valence-electron chi connectivity index (χ3n) is 4.02. The maximum absolute atomic E-state index is 3.45. The zero-order valence-electron chi connectivity index (χ0n) is 9.73. The van der Waals surface area contributed by atoms with Crippen LogP contribution in [0.25, 0.3) is 0 Å². The predicted molar refractivity (Wildman–Crippen MR) is 66.4 cm³/mol. The summed E-state index contributed by atoms with van der Waals surface area (Å²) in [6.07, 6.45) is 3.99. The molecule has 16 heavy (non-hydrogen) atoms. The molecule has 0 unspecified atom stereocenters. The Bertz CT molecular complexity index is 330. The van der Waals surface area contributed by atoms with Gasteiger partial charge in [-0.1, -0.05) is 30.3 Å². The highest BCUT2D eigenvalue weighted by molar-refractivity contribution is 5.21. The Morgan fingerprint density at radius 3 is 2.38 bits per heavy atom. The largest absolute Gasteiger partial charge is 0.317 e. The van der Waals surface area contributed by atoms with E-state index in [0.29, 0.717) is 6.04 Å². The number of likely N-dealkylation sites (tertiary alicyclic amines) is 1. The van der Waals surface area contributed by atoms with E-state index >= 15 is 0 Å². The van der Waals surface area contributed by atoms with Gasteiger partial charge in [0, 0.05) is 18.6 Å². The van der Waals surface area contributed by atoms with Gasteiger partial charge in [-0.25, -0.2) is 0 Å². The van der Waals surface area contributed by atoms with E-state index in [9.17, 15) is 0 Å². The van der Waals surface area contributed by atoms with Crippen LogP contribution in [0.5, 0.6) is 0 Å². The van der Waals surface area contributed by atoms with Gasteiger partial charge < -0.3 is 5.32 Å². The lowest BCUT2D eigenvalue weighted by atomic mass is 9.90. The van der Waals surface area contributed by atoms with Gasteiger partial charge in [-0.3, -0.25) is 4.90 Å². The van der Waals surface area contributed by atoms with Gasteiger partial charge in [0.1, 0.15) is 0 Å². The van der Waals surface area contributed by atoms with Crippen molar-refractivity contribution < 1.29 is 0 Å². The molecule has 1 aromatic carbocycles. The van der Waals surface area contributed by atoms with Crippen LogP contribution in [-0.4, -0.2) is 30.6 Å². The van der Waals surface area contributed by atoms with E-state index in [2.05, 4.69) is 40.5 Å². The Hall–Kier alpha value is -0.860. The lowest BCUT2D eigenvalue weighted by Gasteiger charge is -2.47. The number of benzene rings is 1. The van der Waals surface area contributed by atoms with E-state index in [1.54, 1.807) is 0 Å². The number of piperidine rings is 1. The number of rotatable bonds is 2. The highest BCUT2D eigenvalue weighted by Gasteiger charge is 2.34. The zero-order chi connectivity index (χ0) is 10.8. The summed E-state index contributed by atoms with van der Waals surface area (Å²) in [5, 5.41) is 3.45. The Labute approximate surface area is 97.6 Å². The van der Waals surface area contributed by atoms with Gasteiger partial charge in [0.05, 0.1) is 0 Å². The maximum Gasteiger partial charge on any atom is 0.0363 e. The fourth-order valence-corrected chi connectivity index (χ4v) is 3.02. The Balaban J connectivity index is 1.69. The van der Waals surface area contributed by atoms with Crippen molar-refractivity contribution in [2.45, 2.75) is 31.3 Å². The van der Waals surface area contributed by atoms with Crippen molar-refractivity contribution in [3.05, 3.63) is 35.9 Å². The molecule has 1 atom stereocenters. The Morgan fingerprint density at radius 2 is 1.75 bits per heavy atom. The second-order valence-corrected chi connectivity index (χ2v) is 4.93. The van der Waals surface area contributed by atoms with Crippen LogP contribution in [0, 0.1) is 0 Å². The molecule has 0 spiro atoms. The average Bonchev–Trinajstić information content (AvgIpc) is 2.30. The SMILES string of the molecule is c1ccc([C@@H]2CCN2C2CCNCC2)cc1. The van der Waals surface area contributed by atoms with E-state index in [1.807, 2.05) is 0 Å². The third kappa shape index (κ3) is 1.87. The number of hydrogen-bond donors (Lipinski definition) is 1. The van der Waals surface area contributed by atoms with E-state index in [-0.39, 0.29) is 0 Å². The summed E-state index contributed by atoms with van der Waals surface area (Å²) < 4.78 is 0. The molecule has 2 aliphatic heterocycles. The molecule has 2 heteroatoms. The van der Waals surface area contributed by atoms with Crippen molar-refractivity contribution in [3.63, 3.8) is 0 Å². The second kappa shape index (κ2) is 4.56. The van der Waals surface area contributed by atoms with E-state index in [0.717, 1.165) is 6.04 Å². The molecule has 0 aliphatic carbocycles. The molecule has 86 valence electrons. The monoisotopic (exact) mass is 216 g/mol. The van der Waals surface area contributed by atoms with Crippen LogP contribution in [0.15, 0.2) is 30.3 Å². The smallest absolute Gasteiger partial charge is 0.0363 e. The summed E-state index contributed by atoms with van der Waals surface area (Å²) >= 11 is 0. The third-order valence-corrected chi connectivity index (χ3v) is 4.02. The van der Waals surface area contributed by atoms with Crippen LogP contribution < -0.4 is 5.32 Å². The molecule has 2 nitrogen and oxygen atoms in total. The average molecular weight is 216 g/mol. The minimum Gasteiger partial charge on any atom is -0.317 e. The molecule has 2 saturated heterocycles. The molecule has 2 heterocycles. The molecule has 0 amide bonds. The fourth-order valence-electron chi connectivity index (χ4n) is 3.02. The summed E-state index contributed by atoms with van der Waals surface area (Å²) in [5.41, 5.74) is 1.51. The first-order chi connectivity index (χ1) is 7.95. The van der Waals surface area contributed by atoms with Crippen molar-refractivity contribution in [2.75, 3.05) is 19.6 Å². The van der Waals surface area contributed by atoms with Crippen LogP contribution in [0.2, 0.25) is 0 Å². The standard InChI is InChI=1S/C14H20N2/c1-2-4-12(5-3-1)14-8-11-16(14)13-6-9-15-10-7-13/h1-5,13-15H,6-11H2/t14-/m0/s1. The zero-order valence-corrected chi connectivity index (χ0v) is 9.73. The van der Waals surface area contributed by atoms with Crippen LogP contribution in [0.1, 0.15) is 30.9 Å². The lowest BCUT2D eigenvalue weighted by molar-refractivity contribution is 0.0259. The molecule has 0 aromatic heterocycles. The molecule has 0 bridgehead atoms. The normalized spacial score (nSPS) is 27.6. The van der Waals surface area contributed by atoms with Crippen molar-refractivity contribution in [1.82, 2.24) is 10.2 Å². The van der Waals surface area contributed by atoms with Gasteiger partial charge in [-0.05, 0) is 37.9 Å². The van der Waals surface area contributed by atoms with E-state index in [1.165, 1.54) is 44.5 Å². The summed E-state index contributed by atoms with van der Waals surface area (Å²) in [6, 6.07) is 12.5. The number of hydrogen-bond acceptors (Lipinski definition) is 2. The summed E-state index contributed by atoms with van der Waals surface area (Å²) in [5.74, 6) is 0. The quantitative estimate of drug-likeness (QED) is 0.815. The topological polar surface area (TPSA) is 15.3 Å². The Kier molecular flexibility index (Phi) is 2.94. The lowest BCUT2D eigenvalue weighted by Crippen LogP contribution is -2.51. The highest BCUT2D eigenvalue weighted by atomic mass is 15.2. The van der Waals surface area contributed by atoms with Gasteiger partial charge >= 0.3 is 0 Å². The molecule has 1 aromatic rings. The van der Waals surface area contributed by atoms with Crippen molar-refractivity contribution in [3.8, 4) is 0 Å². The first kappa shape index (κ1) is 10.3. The minimum absolute atomic E-state index is 0.698. The summed E-state index contributed by atoms with van der Waals surface area (Å²) in [4.78, 5) is 2.70. The molecular weight excluding hydrogens is 196 g/mol.